The highest BCUT2D eigenvalue weighted by molar-refractivity contribution is 5.80. The van der Waals surface area contributed by atoms with Gasteiger partial charge in [0, 0.05) is 20.1 Å². The van der Waals surface area contributed by atoms with Crippen LogP contribution in [0.2, 0.25) is 0 Å². The number of guanidine groups is 1. The molecule has 1 atom stereocenters. The Bertz CT molecular complexity index is 686. The van der Waals surface area contributed by atoms with Gasteiger partial charge in [-0.3, -0.25) is 4.99 Å². The standard InChI is InChI=1S/C22H38N4O4/c1-8-28-18-12-11-17(15-19(18)29-9-2)16(3)26-20(23-7)24-13-10-14-25-21(27)30-22(4,5)6/h11-12,15-16H,8-10,13-14H2,1-7H3,(H,25,27)(H2,23,24,26). The maximum Gasteiger partial charge on any atom is 0.407 e. The fourth-order valence-corrected chi connectivity index (χ4v) is 2.62. The van der Waals surface area contributed by atoms with Crippen LogP contribution in [0.1, 0.15) is 59.6 Å². The number of nitrogens with one attached hydrogen (secondary N) is 3. The number of hydrogen-bond acceptors (Lipinski definition) is 5. The van der Waals surface area contributed by atoms with Crippen molar-refractivity contribution in [3.63, 3.8) is 0 Å². The molecule has 0 fully saturated rings. The first-order chi connectivity index (χ1) is 14.2. The van der Waals surface area contributed by atoms with Crippen LogP contribution in [-0.2, 0) is 4.74 Å². The van der Waals surface area contributed by atoms with Gasteiger partial charge < -0.3 is 30.2 Å². The second kappa shape index (κ2) is 12.8. The molecule has 0 aromatic heterocycles. The molecule has 0 aliphatic rings. The highest BCUT2D eigenvalue weighted by Crippen LogP contribution is 2.30. The zero-order valence-corrected chi connectivity index (χ0v) is 19.4. The van der Waals surface area contributed by atoms with E-state index in [1.54, 1.807) is 7.05 Å². The van der Waals surface area contributed by atoms with Crippen LogP contribution in [0, 0.1) is 0 Å². The van der Waals surface area contributed by atoms with E-state index >= 15 is 0 Å². The van der Waals surface area contributed by atoms with Crippen LogP contribution in [0.15, 0.2) is 23.2 Å². The van der Waals surface area contributed by atoms with E-state index in [9.17, 15) is 4.79 Å². The van der Waals surface area contributed by atoms with Crippen LogP contribution in [-0.4, -0.2) is 51.0 Å². The van der Waals surface area contributed by atoms with E-state index in [1.165, 1.54) is 0 Å². The third-order valence-electron chi connectivity index (χ3n) is 3.96. The Morgan fingerprint density at radius 2 is 1.70 bits per heavy atom. The second-order valence-electron chi connectivity index (χ2n) is 7.72. The van der Waals surface area contributed by atoms with Crippen LogP contribution in [0.4, 0.5) is 4.79 Å². The molecule has 8 nitrogen and oxygen atoms in total. The fraction of sp³-hybridized carbons (Fsp3) is 0.636. The largest absolute Gasteiger partial charge is 0.490 e. The van der Waals surface area contributed by atoms with Crippen LogP contribution in [0.5, 0.6) is 11.5 Å². The van der Waals surface area contributed by atoms with Crippen molar-refractivity contribution >= 4 is 12.1 Å². The molecule has 0 heterocycles. The van der Waals surface area contributed by atoms with Crippen LogP contribution in [0.3, 0.4) is 0 Å². The third-order valence-corrected chi connectivity index (χ3v) is 3.96. The molecule has 1 aromatic carbocycles. The average molecular weight is 423 g/mol. The van der Waals surface area contributed by atoms with Gasteiger partial charge in [-0.2, -0.15) is 0 Å². The van der Waals surface area contributed by atoms with Crippen molar-refractivity contribution in [1.82, 2.24) is 16.0 Å². The molecular weight excluding hydrogens is 384 g/mol. The summed E-state index contributed by atoms with van der Waals surface area (Å²) in [6.07, 6.45) is 0.338. The Kier molecular flexibility index (Phi) is 10.9. The van der Waals surface area contributed by atoms with E-state index in [-0.39, 0.29) is 6.04 Å². The highest BCUT2D eigenvalue weighted by Gasteiger charge is 2.15. The van der Waals surface area contributed by atoms with Gasteiger partial charge in [0.05, 0.1) is 19.3 Å². The number of ether oxygens (including phenoxy) is 3. The lowest BCUT2D eigenvalue weighted by Crippen LogP contribution is -2.40. The summed E-state index contributed by atoms with van der Waals surface area (Å²) in [7, 11) is 1.73. The molecule has 1 amide bonds. The normalized spacial score (nSPS) is 12.7. The van der Waals surface area contributed by atoms with E-state index in [0.29, 0.717) is 32.3 Å². The van der Waals surface area contributed by atoms with Crippen molar-refractivity contribution in [3.8, 4) is 11.5 Å². The summed E-state index contributed by atoms with van der Waals surface area (Å²) in [6, 6.07) is 5.96. The van der Waals surface area contributed by atoms with Gasteiger partial charge in [-0.25, -0.2) is 4.79 Å². The lowest BCUT2D eigenvalue weighted by molar-refractivity contribution is 0.0527. The number of hydrogen-bond donors (Lipinski definition) is 3. The van der Waals surface area contributed by atoms with Gasteiger partial charge in [0.2, 0.25) is 0 Å². The third kappa shape index (κ3) is 9.71. The molecule has 8 heteroatoms. The van der Waals surface area contributed by atoms with E-state index in [0.717, 1.165) is 23.5 Å². The average Bonchev–Trinajstić information content (AvgIpc) is 2.67. The minimum Gasteiger partial charge on any atom is -0.490 e. The fourth-order valence-electron chi connectivity index (χ4n) is 2.62. The zero-order chi connectivity index (χ0) is 22.6. The molecule has 0 bridgehead atoms. The Labute approximate surface area is 180 Å². The molecule has 170 valence electrons. The topological polar surface area (TPSA) is 93.2 Å². The summed E-state index contributed by atoms with van der Waals surface area (Å²) >= 11 is 0. The molecule has 0 saturated carbocycles. The maximum absolute atomic E-state index is 11.6. The Balaban J connectivity index is 2.50. The van der Waals surface area contributed by atoms with Crippen LogP contribution in [0.25, 0.3) is 0 Å². The minimum absolute atomic E-state index is 0.0194. The summed E-state index contributed by atoms with van der Waals surface area (Å²) in [6.45, 7) is 13.8. The molecule has 1 unspecified atom stereocenters. The minimum atomic E-state index is -0.493. The predicted octanol–water partition coefficient (Wildman–Crippen LogP) is 3.62. The first-order valence-corrected chi connectivity index (χ1v) is 10.5. The van der Waals surface area contributed by atoms with Crippen molar-refractivity contribution in [2.24, 2.45) is 4.99 Å². The SMILES string of the molecule is CCOc1ccc(C(C)NC(=NC)NCCCNC(=O)OC(C)(C)C)cc1OCC. The summed E-state index contributed by atoms with van der Waals surface area (Å²) in [5.74, 6) is 2.17. The molecular formula is C22H38N4O4. The first kappa shape index (κ1) is 25.4. The maximum atomic E-state index is 11.6. The number of carbonyl (C=O) groups excluding carboxylic acids is 1. The first-order valence-electron chi connectivity index (χ1n) is 10.5. The van der Waals surface area contributed by atoms with E-state index in [4.69, 9.17) is 14.2 Å². The quantitative estimate of drug-likeness (QED) is 0.303. The molecule has 0 aliphatic carbocycles. The van der Waals surface area contributed by atoms with Gasteiger partial charge >= 0.3 is 6.09 Å². The number of aliphatic imine (C=N–C) groups is 1. The van der Waals surface area contributed by atoms with Gasteiger partial charge in [0.1, 0.15) is 5.60 Å². The van der Waals surface area contributed by atoms with Crippen LogP contribution < -0.4 is 25.4 Å². The Hall–Kier alpha value is -2.64. The van der Waals surface area contributed by atoms with Gasteiger partial charge in [-0.05, 0) is 65.7 Å². The molecule has 0 aliphatic heterocycles. The smallest absolute Gasteiger partial charge is 0.407 e. The number of carbonyl (C=O) groups is 1. The number of nitrogens with zero attached hydrogens (tertiary/aromatic N) is 1. The van der Waals surface area contributed by atoms with Gasteiger partial charge in [0.15, 0.2) is 17.5 Å². The van der Waals surface area contributed by atoms with Gasteiger partial charge in [-0.15, -0.1) is 0 Å². The van der Waals surface area contributed by atoms with Crippen LogP contribution >= 0.6 is 0 Å². The van der Waals surface area contributed by atoms with Gasteiger partial charge in [-0.1, -0.05) is 6.07 Å². The molecule has 1 aromatic rings. The second-order valence-corrected chi connectivity index (χ2v) is 7.72. The van der Waals surface area contributed by atoms with Crippen molar-refractivity contribution in [1.29, 1.82) is 0 Å². The van der Waals surface area contributed by atoms with Crippen molar-refractivity contribution in [2.45, 2.75) is 59.6 Å². The molecule has 0 spiro atoms. The van der Waals surface area contributed by atoms with Crippen molar-refractivity contribution in [3.05, 3.63) is 23.8 Å². The monoisotopic (exact) mass is 422 g/mol. The highest BCUT2D eigenvalue weighted by atomic mass is 16.6. The Morgan fingerprint density at radius 3 is 2.30 bits per heavy atom. The summed E-state index contributed by atoms with van der Waals surface area (Å²) < 4.78 is 16.5. The Morgan fingerprint density at radius 1 is 1.07 bits per heavy atom. The summed E-state index contributed by atoms with van der Waals surface area (Å²) in [4.78, 5) is 15.9. The molecule has 3 N–H and O–H groups in total. The van der Waals surface area contributed by atoms with Crippen molar-refractivity contribution < 1.29 is 19.0 Å². The summed E-state index contributed by atoms with van der Waals surface area (Å²) in [5.41, 5.74) is 0.573. The molecule has 0 radical (unpaired) electrons. The van der Waals surface area contributed by atoms with E-state index < -0.39 is 11.7 Å². The lowest BCUT2D eigenvalue weighted by atomic mass is 10.1. The number of benzene rings is 1. The molecule has 1 rings (SSSR count). The number of alkyl carbamates (subject to hydrolysis) is 1. The summed E-state index contributed by atoms with van der Waals surface area (Å²) in [5, 5.41) is 9.36. The van der Waals surface area contributed by atoms with E-state index in [1.807, 2.05) is 52.8 Å². The number of amides is 1. The van der Waals surface area contributed by atoms with Crippen molar-refractivity contribution in [2.75, 3.05) is 33.4 Å². The molecule has 0 saturated heterocycles. The van der Waals surface area contributed by atoms with Gasteiger partial charge in [0.25, 0.3) is 0 Å². The lowest BCUT2D eigenvalue weighted by Gasteiger charge is -2.20. The van der Waals surface area contributed by atoms with E-state index in [2.05, 4.69) is 27.9 Å². The zero-order valence-electron chi connectivity index (χ0n) is 19.4. The number of rotatable bonds is 10. The molecule has 30 heavy (non-hydrogen) atoms. The predicted molar refractivity (Wildman–Crippen MR) is 121 cm³/mol.